The normalized spacial score (nSPS) is 11.0. The van der Waals surface area contributed by atoms with E-state index in [0.717, 1.165) is 0 Å². The van der Waals surface area contributed by atoms with Gasteiger partial charge in [0.2, 0.25) is 5.91 Å². The topological polar surface area (TPSA) is 120 Å². The largest absolute Gasteiger partial charge is 0.368 e. The molecule has 1 aromatic rings. The molecule has 0 aliphatic rings. The summed E-state index contributed by atoms with van der Waals surface area (Å²) in [5.41, 5.74) is 6.07. The van der Waals surface area contributed by atoms with E-state index in [0.29, 0.717) is 36.8 Å². The Bertz CT molecular complexity index is 581. The number of nitrogens with two attached hydrogens (primary N) is 1. The Hall–Kier alpha value is -2.86. The fourth-order valence-electron chi connectivity index (χ4n) is 1.78. The van der Waals surface area contributed by atoms with Gasteiger partial charge in [-0.2, -0.15) is 10.5 Å². The fourth-order valence-corrected chi connectivity index (χ4v) is 1.78. The molecule has 0 aliphatic heterocycles. The van der Waals surface area contributed by atoms with E-state index in [1.165, 1.54) is 24.3 Å². The minimum absolute atomic E-state index is 0.359. The summed E-state index contributed by atoms with van der Waals surface area (Å²) in [5, 5.41) is 19.7. The van der Waals surface area contributed by atoms with Crippen LogP contribution >= 0.6 is 0 Å². The molecule has 2 amide bonds. The van der Waals surface area contributed by atoms with Gasteiger partial charge < -0.3 is 11.1 Å². The van der Waals surface area contributed by atoms with Crippen LogP contribution in [0.15, 0.2) is 24.3 Å². The Labute approximate surface area is 123 Å². The average Bonchev–Trinajstić information content (AvgIpc) is 2.50. The lowest BCUT2D eigenvalue weighted by Gasteiger charge is -2.15. The second-order valence-electron chi connectivity index (χ2n) is 4.52. The minimum atomic E-state index is -0.758. The molecule has 0 heterocycles. The van der Waals surface area contributed by atoms with Gasteiger partial charge in [0.05, 0.1) is 17.7 Å². The molecule has 0 fully saturated rings. The molecule has 1 aromatic carbocycles. The fraction of sp³-hybridized carbons (Fsp3) is 0.333. The maximum absolute atomic E-state index is 12.0. The molecule has 1 rings (SSSR count). The number of hydrogen-bond acceptors (Lipinski definition) is 4. The third-order valence-electron chi connectivity index (χ3n) is 2.96. The van der Waals surface area contributed by atoms with Crippen LogP contribution in [0.2, 0.25) is 0 Å². The van der Waals surface area contributed by atoms with E-state index in [2.05, 4.69) is 5.32 Å². The molecular formula is C15H16N4O2. The van der Waals surface area contributed by atoms with E-state index < -0.39 is 17.9 Å². The number of carbonyl (C=O) groups excluding carboxylic acids is 2. The van der Waals surface area contributed by atoms with E-state index in [4.69, 9.17) is 16.3 Å². The smallest absolute Gasteiger partial charge is 0.251 e. The van der Waals surface area contributed by atoms with Gasteiger partial charge in [-0.25, -0.2) is 0 Å². The SMILES string of the molecule is N#CCCCC[C@@H](NC(=O)c1ccc(C#N)cc1)C(N)=O. The zero-order chi connectivity index (χ0) is 15.7. The molecule has 0 saturated carbocycles. The average molecular weight is 284 g/mol. The number of nitriles is 2. The maximum Gasteiger partial charge on any atom is 0.251 e. The van der Waals surface area contributed by atoms with E-state index >= 15 is 0 Å². The molecule has 0 radical (unpaired) electrons. The van der Waals surface area contributed by atoms with E-state index in [1.54, 1.807) is 0 Å². The molecule has 0 unspecified atom stereocenters. The summed E-state index contributed by atoms with van der Waals surface area (Å²) in [6.45, 7) is 0. The molecule has 0 aromatic heterocycles. The van der Waals surface area contributed by atoms with Crippen LogP contribution in [0.3, 0.4) is 0 Å². The molecule has 1 atom stereocenters. The number of benzene rings is 1. The van der Waals surface area contributed by atoms with Crippen molar-refractivity contribution in [1.29, 1.82) is 10.5 Å². The highest BCUT2D eigenvalue weighted by Crippen LogP contribution is 2.07. The summed E-state index contributed by atoms with van der Waals surface area (Å²) >= 11 is 0. The first kappa shape index (κ1) is 16.2. The zero-order valence-corrected chi connectivity index (χ0v) is 11.5. The predicted molar refractivity (Wildman–Crippen MR) is 75.7 cm³/mol. The molecule has 6 nitrogen and oxygen atoms in total. The number of nitrogens with one attached hydrogen (secondary N) is 1. The quantitative estimate of drug-likeness (QED) is 0.731. The highest BCUT2D eigenvalue weighted by molar-refractivity contribution is 5.97. The van der Waals surface area contributed by atoms with Crippen molar-refractivity contribution in [2.75, 3.05) is 0 Å². The maximum atomic E-state index is 12.0. The highest BCUT2D eigenvalue weighted by atomic mass is 16.2. The third-order valence-corrected chi connectivity index (χ3v) is 2.96. The molecule has 108 valence electrons. The summed E-state index contributed by atoms with van der Waals surface area (Å²) in [4.78, 5) is 23.3. The predicted octanol–water partition coefficient (Wildman–Crippen LogP) is 1.23. The van der Waals surface area contributed by atoms with Gasteiger partial charge in [-0.05, 0) is 43.5 Å². The lowest BCUT2D eigenvalue weighted by molar-refractivity contribution is -0.120. The van der Waals surface area contributed by atoms with Crippen LogP contribution in [0, 0.1) is 22.7 Å². The van der Waals surface area contributed by atoms with Gasteiger partial charge in [-0.3, -0.25) is 9.59 Å². The lowest BCUT2D eigenvalue weighted by atomic mass is 10.1. The molecular weight excluding hydrogens is 268 g/mol. The Kier molecular flexibility index (Phi) is 6.43. The van der Waals surface area contributed by atoms with Crippen molar-refractivity contribution in [3.05, 3.63) is 35.4 Å². The number of primary amides is 1. The van der Waals surface area contributed by atoms with Crippen molar-refractivity contribution in [2.45, 2.75) is 31.7 Å². The third kappa shape index (κ3) is 5.33. The van der Waals surface area contributed by atoms with Crippen molar-refractivity contribution in [1.82, 2.24) is 5.32 Å². The molecule has 6 heteroatoms. The first-order chi connectivity index (χ1) is 10.1. The molecule has 0 aliphatic carbocycles. The van der Waals surface area contributed by atoms with Crippen molar-refractivity contribution < 1.29 is 9.59 Å². The molecule has 0 spiro atoms. The Morgan fingerprint density at radius 2 is 1.86 bits per heavy atom. The monoisotopic (exact) mass is 284 g/mol. The number of carbonyl (C=O) groups is 2. The van der Waals surface area contributed by atoms with E-state index in [-0.39, 0.29) is 0 Å². The van der Waals surface area contributed by atoms with Crippen LogP contribution in [0.1, 0.15) is 41.6 Å². The zero-order valence-electron chi connectivity index (χ0n) is 11.5. The van der Waals surface area contributed by atoms with Crippen LogP contribution in [0.4, 0.5) is 0 Å². The first-order valence-corrected chi connectivity index (χ1v) is 6.55. The molecule has 21 heavy (non-hydrogen) atoms. The van der Waals surface area contributed by atoms with Gasteiger partial charge in [-0.1, -0.05) is 0 Å². The molecule has 0 saturated heterocycles. The van der Waals surface area contributed by atoms with Crippen molar-refractivity contribution in [3.8, 4) is 12.1 Å². The van der Waals surface area contributed by atoms with E-state index in [9.17, 15) is 9.59 Å². The number of rotatable bonds is 7. The second-order valence-corrected chi connectivity index (χ2v) is 4.52. The van der Waals surface area contributed by atoms with Crippen LogP contribution in [-0.2, 0) is 4.79 Å². The Morgan fingerprint density at radius 3 is 2.38 bits per heavy atom. The molecule has 0 bridgehead atoms. The Balaban J connectivity index is 2.61. The van der Waals surface area contributed by atoms with Gasteiger partial charge in [0.15, 0.2) is 0 Å². The number of nitrogens with zero attached hydrogens (tertiary/aromatic N) is 2. The van der Waals surface area contributed by atoms with Gasteiger partial charge in [0.1, 0.15) is 6.04 Å². The first-order valence-electron chi connectivity index (χ1n) is 6.55. The van der Waals surface area contributed by atoms with Gasteiger partial charge >= 0.3 is 0 Å². The van der Waals surface area contributed by atoms with Gasteiger partial charge in [-0.15, -0.1) is 0 Å². The number of unbranched alkanes of at least 4 members (excludes halogenated alkanes) is 2. The highest BCUT2D eigenvalue weighted by Gasteiger charge is 2.18. The number of amides is 2. The van der Waals surface area contributed by atoms with Crippen LogP contribution in [-0.4, -0.2) is 17.9 Å². The van der Waals surface area contributed by atoms with Crippen molar-refractivity contribution in [3.63, 3.8) is 0 Å². The van der Waals surface area contributed by atoms with Crippen LogP contribution in [0.25, 0.3) is 0 Å². The van der Waals surface area contributed by atoms with Crippen molar-refractivity contribution >= 4 is 11.8 Å². The summed E-state index contributed by atoms with van der Waals surface area (Å²) in [5.74, 6) is -1.02. The molecule has 3 N–H and O–H groups in total. The summed E-state index contributed by atoms with van der Waals surface area (Å²) < 4.78 is 0. The lowest BCUT2D eigenvalue weighted by Crippen LogP contribution is -2.44. The van der Waals surface area contributed by atoms with Crippen LogP contribution in [0.5, 0.6) is 0 Å². The van der Waals surface area contributed by atoms with Gasteiger partial charge in [0, 0.05) is 12.0 Å². The van der Waals surface area contributed by atoms with E-state index in [1.807, 2.05) is 12.1 Å². The Morgan fingerprint density at radius 1 is 1.19 bits per heavy atom. The minimum Gasteiger partial charge on any atom is -0.368 e. The number of hydrogen-bond donors (Lipinski definition) is 2. The van der Waals surface area contributed by atoms with Gasteiger partial charge in [0.25, 0.3) is 5.91 Å². The summed E-state index contributed by atoms with van der Waals surface area (Å²) in [6, 6.07) is 9.31. The summed E-state index contributed by atoms with van der Waals surface area (Å²) in [7, 11) is 0. The summed E-state index contributed by atoms with van der Waals surface area (Å²) in [6.07, 6.45) is 2.11. The van der Waals surface area contributed by atoms with Crippen molar-refractivity contribution in [2.24, 2.45) is 5.73 Å². The second kappa shape index (κ2) is 8.34. The standard InChI is InChI=1S/C15H16N4O2/c16-9-3-1-2-4-13(14(18)20)19-15(21)12-7-5-11(10-17)6-8-12/h5-8,13H,1-4H2,(H2,18,20)(H,19,21)/t13-/m1/s1. The van der Waals surface area contributed by atoms with Crippen LogP contribution < -0.4 is 11.1 Å².